The zero-order valence-electron chi connectivity index (χ0n) is 10.4. The van der Waals surface area contributed by atoms with Crippen molar-refractivity contribution in [3.8, 4) is 5.88 Å². The first-order chi connectivity index (χ1) is 8.77. The van der Waals surface area contributed by atoms with Gasteiger partial charge in [0.2, 0.25) is 5.88 Å². The average Bonchev–Trinajstić information content (AvgIpc) is 2.40. The molecule has 4 nitrogen and oxygen atoms in total. The summed E-state index contributed by atoms with van der Waals surface area (Å²) in [6.07, 6.45) is 4.25. The summed E-state index contributed by atoms with van der Waals surface area (Å²) in [7, 11) is 0. The number of aromatic nitrogens is 2. The quantitative estimate of drug-likeness (QED) is 0.873. The van der Waals surface area contributed by atoms with Crippen LogP contribution in [0.3, 0.4) is 0 Å². The summed E-state index contributed by atoms with van der Waals surface area (Å²) in [6.45, 7) is 2.47. The average molecular weight is 243 g/mol. The number of hydrogen-bond donors (Lipinski definition) is 1. The van der Waals surface area contributed by atoms with Gasteiger partial charge in [0, 0.05) is 36.1 Å². The lowest BCUT2D eigenvalue weighted by Crippen LogP contribution is -2.11. The predicted octanol–water partition coefficient (Wildman–Crippen LogP) is 2.12. The SMILES string of the molecule is C[C@H](N)c1cccnc1OCCc1ccccn1. The minimum Gasteiger partial charge on any atom is -0.477 e. The lowest BCUT2D eigenvalue weighted by molar-refractivity contribution is 0.303. The van der Waals surface area contributed by atoms with Crippen LogP contribution in [0.1, 0.15) is 24.2 Å². The third kappa shape index (κ3) is 3.28. The molecule has 0 aliphatic heterocycles. The van der Waals surface area contributed by atoms with Crippen LogP contribution >= 0.6 is 0 Å². The van der Waals surface area contributed by atoms with Gasteiger partial charge in [-0.25, -0.2) is 4.98 Å². The largest absolute Gasteiger partial charge is 0.477 e. The second kappa shape index (κ2) is 6.12. The van der Waals surface area contributed by atoms with Gasteiger partial charge in [0.1, 0.15) is 0 Å². The molecule has 0 aliphatic carbocycles. The Morgan fingerprint density at radius 3 is 2.72 bits per heavy atom. The van der Waals surface area contributed by atoms with Gasteiger partial charge in [0.15, 0.2) is 0 Å². The maximum Gasteiger partial charge on any atom is 0.218 e. The van der Waals surface area contributed by atoms with E-state index in [1.54, 1.807) is 12.4 Å². The number of nitrogens with zero attached hydrogens (tertiary/aromatic N) is 2. The summed E-state index contributed by atoms with van der Waals surface area (Å²) in [6, 6.07) is 9.57. The van der Waals surface area contributed by atoms with Crippen molar-refractivity contribution < 1.29 is 4.74 Å². The third-order valence-electron chi connectivity index (χ3n) is 2.61. The van der Waals surface area contributed by atoms with E-state index < -0.39 is 0 Å². The van der Waals surface area contributed by atoms with Crippen molar-refractivity contribution in [1.29, 1.82) is 0 Å². The Labute approximate surface area is 107 Å². The van der Waals surface area contributed by atoms with E-state index in [0.717, 1.165) is 17.7 Å². The van der Waals surface area contributed by atoms with Crippen molar-refractivity contribution in [2.24, 2.45) is 5.73 Å². The van der Waals surface area contributed by atoms with Gasteiger partial charge in [-0.3, -0.25) is 4.98 Å². The van der Waals surface area contributed by atoms with Crippen LogP contribution in [-0.4, -0.2) is 16.6 Å². The maximum absolute atomic E-state index is 5.87. The zero-order valence-corrected chi connectivity index (χ0v) is 10.4. The predicted molar refractivity (Wildman–Crippen MR) is 70.3 cm³/mol. The molecule has 0 bridgehead atoms. The molecule has 2 aromatic heterocycles. The van der Waals surface area contributed by atoms with Crippen molar-refractivity contribution in [2.45, 2.75) is 19.4 Å². The summed E-state index contributed by atoms with van der Waals surface area (Å²) < 4.78 is 5.67. The zero-order chi connectivity index (χ0) is 12.8. The Morgan fingerprint density at radius 2 is 2.00 bits per heavy atom. The Balaban J connectivity index is 1.94. The Bertz CT molecular complexity index is 485. The fraction of sp³-hybridized carbons (Fsp3) is 0.286. The highest BCUT2D eigenvalue weighted by molar-refractivity contribution is 5.28. The van der Waals surface area contributed by atoms with Crippen molar-refractivity contribution in [3.05, 3.63) is 54.0 Å². The fourth-order valence-electron chi connectivity index (χ4n) is 1.67. The van der Waals surface area contributed by atoms with Crippen LogP contribution in [0.25, 0.3) is 0 Å². The summed E-state index contributed by atoms with van der Waals surface area (Å²) in [4.78, 5) is 8.45. The molecule has 2 rings (SSSR count). The van der Waals surface area contributed by atoms with Crippen LogP contribution in [0.5, 0.6) is 5.88 Å². The standard InChI is InChI=1S/C14H17N3O/c1-11(15)13-6-4-9-17-14(13)18-10-7-12-5-2-3-8-16-12/h2-6,8-9,11H,7,10,15H2,1H3/t11-/m0/s1. The van der Waals surface area contributed by atoms with Crippen molar-refractivity contribution in [1.82, 2.24) is 9.97 Å². The van der Waals surface area contributed by atoms with Crippen LogP contribution in [0.15, 0.2) is 42.7 Å². The maximum atomic E-state index is 5.87. The fourth-order valence-corrected chi connectivity index (χ4v) is 1.67. The first kappa shape index (κ1) is 12.5. The van der Waals surface area contributed by atoms with Gasteiger partial charge in [0.05, 0.1) is 6.61 Å². The van der Waals surface area contributed by atoms with Crippen LogP contribution in [0.4, 0.5) is 0 Å². The summed E-state index contributed by atoms with van der Waals surface area (Å²) in [5.41, 5.74) is 7.80. The van der Waals surface area contributed by atoms with E-state index >= 15 is 0 Å². The second-order valence-electron chi connectivity index (χ2n) is 4.11. The molecule has 2 aromatic rings. The second-order valence-corrected chi connectivity index (χ2v) is 4.11. The molecule has 0 saturated heterocycles. The molecular formula is C14H17N3O. The van der Waals surface area contributed by atoms with Gasteiger partial charge in [0.25, 0.3) is 0 Å². The molecule has 0 amide bonds. The minimum atomic E-state index is -0.0800. The molecule has 0 spiro atoms. The molecule has 0 aliphatic rings. The van der Waals surface area contributed by atoms with Crippen LogP contribution in [0, 0.1) is 0 Å². The van der Waals surface area contributed by atoms with Gasteiger partial charge in [-0.1, -0.05) is 12.1 Å². The van der Waals surface area contributed by atoms with Crippen molar-refractivity contribution >= 4 is 0 Å². The minimum absolute atomic E-state index is 0.0800. The lowest BCUT2D eigenvalue weighted by atomic mass is 10.1. The molecule has 4 heteroatoms. The highest BCUT2D eigenvalue weighted by Gasteiger charge is 2.08. The van der Waals surface area contributed by atoms with E-state index in [-0.39, 0.29) is 6.04 Å². The highest BCUT2D eigenvalue weighted by Crippen LogP contribution is 2.20. The number of pyridine rings is 2. The number of ether oxygens (including phenoxy) is 1. The highest BCUT2D eigenvalue weighted by atomic mass is 16.5. The van der Waals surface area contributed by atoms with Gasteiger partial charge in [-0.05, 0) is 25.1 Å². The topological polar surface area (TPSA) is 61.0 Å². The molecule has 0 unspecified atom stereocenters. The van der Waals surface area contributed by atoms with E-state index in [9.17, 15) is 0 Å². The molecule has 1 atom stereocenters. The van der Waals surface area contributed by atoms with Gasteiger partial charge in [-0.2, -0.15) is 0 Å². The Hall–Kier alpha value is -1.94. The molecule has 2 heterocycles. The first-order valence-corrected chi connectivity index (χ1v) is 6.00. The van der Waals surface area contributed by atoms with Crippen molar-refractivity contribution in [2.75, 3.05) is 6.61 Å². The van der Waals surface area contributed by atoms with E-state index in [2.05, 4.69) is 9.97 Å². The molecule has 94 valence electrons. The number of nitrogens with two attached hydrogens (primary N) is 1. The van der Waals surface area contributed by atoms with E-state index in [0.29, 0.717) is 12.5 Å². The Kier molecular flexibility index (Phi) is 4.25. The molecule has 2 N–H and O–H groups in total. The number of hydrogen-bond acceptors (Lipinski definition) is 4. The monoisotopic (exact) mass is 243 g/mol. The van der Waals surface area contributed by atoms with Crippen LogP contribution in [-0.2, 0) is 6.42 Å². The molecule has 18 heavy (non-hydrogen) atoms. The van der Waals surface area contributed by atoms with Crippen LogP contribution < -0.4 is 10.5 Å². The smallest absolute Gasteiger partial charge is 0.218 e. The molecule has 0 aromatic carbocycles. The van der Waals surface area contributed by atoms with Crippen LogP contribution in [0.2, 0.25) is 0 Å². The summed E-state index contributed by atoms with van der Waals surface area (Å²) >= 11 is 0. The third-order valence-corrected chi connectivity index (χ3v) is 2.61. The molecule has 0 fully saturated rings. The van der Waals surface area contributed by atoms with Gasteiger partial charge in [-0.15, -0.1) is 0 Å². The van der Waals surface area contributed by atoms with E-state index in [1.165, 1.54) is 0 Å². The first-order valence-electron chi connectivity index (χ1n) is 6.00. The molecular weight excluding hydrogens is 226 g/mol. The molecule has 0 radical (unpaired) electrons. The van der Waals surface area contributed by atoms with Gasteiger partial charge >= 0.3 is 0 Å². The van der Waals surface area contributed by atoms with E-state index in [1.807, 2.05) is 37.3 Å². The van der Waals surface area contributed by atoms with Crippen molar-refractivity contribution in [3.63, 3.8) is 0 Å². The summed E-state index contributed by atoms with van der Waals surface area (Å²) in [5.74, 6) is 0.614. The Morgan fingerprint density at radius 1 is 1.17 bits per heavy atom. The molecule has 0 saturated carbocycles. The summed E-state index contributed by atoms with van der Waals surface area (Å²) in [5, 5.41) is 0. The van der Waals surface area contributed by atoms with E-state index in [4.69, 9.17) is 10.5 Å². The lowest BCUT2D eigenvalue weighted by Gasteiger charge is -2.12. The normalized spacial score (nSPS) is 12.1. The number of rotatable bonds is 5. The van der Waals surface area contributed by atoms with Gasteiger partial charge < -0.3 is 10.5 Å².